The zero-order valence-corrected chi connectivity index (χ0v) is 12.9. The van der Waals surface area contributed by atoms with Crippen LogP contribution in [0, 0.1) is 6.92 Å². The summed E-state index contributed by atoms with van der Waals surface area (Å²) in [4.78, 5) is 40.2. The van der Waals surface area contributed by atoms with Crippen LogP contribution >= 0.6 is 11.3 Å². The van der Waals surface area contributed by atoms with Gasteiger partial charge in [-0.05, 0) is 20.3 Å². The molecule has 1 atom stereocenters. The van der Waals surface area contributed by atoms with Crippen molar-refractivity contribution in [3.8, 4) is 0 Å². The van der Waals surface area contributed by atoms with Crippen molar-refractivity contribution in [2.24, 2.45) is 0 Å². The van der Waals surface area contributed by atoms with E-state index >= 15 is 0 Å². The summed E-state index contributed by atoms with van der Waals surface area (Å²) in [5.74, 6) is -1.90. The van der Waals surface area contributed by atoms with Gasteiger partial charge in [0.25, 0.3) is 11.5 Å². The first-order chi connectivity index (χ1) is 10.5. The molecular formula is C14H15N3O4S. The van der Waals surface area contributed by atoms with Gasteiger partial charge in [-0.1, -0.05) is 12.2 Å². The molecule has 2 aromatic rings. The highest BCUT2D eigenvalue weighted by molar-refractivity contribution is 7.15. The van der Waals surface area contributed by atoms with Crippen LogP contribution in [0.15, 0.2) is 28.5 Å². The van der Waals surface area contributed by atoms with Crippen LogP contribution in [0.25, 0.3) is 4.96 Å². The van der Waals surface area contributed by atoms with Crippen molar-refractivity contribution in [3.05, 3.63) is 45.3 Å². The smallest absolute Gasteiger partial charge is 0.326 e. The van der Waals surface area contributed by atoms with Crippen LogP contribution in [0.4, 0.5) is 0 Å². The Morgan fingerprint density at radius 1 is 1.55 bits per heavy atom. The summed E-state index contributed by atoms with van der Waals surface area (Å²) in [6.07, 6.45) is 4.65. The molecule has 0 saturated heterocycles. The maximum atomic E-state index is 12.3. The van der Waals surface area contributed by atoms with Gasteiger partial charge in [-0.25, -0.2) is 9.78 Å². The number of allylic oxidation sites excluding steroid dienone is 1. The Morgan fingerprint density at radius 2 is 2.27 bits per heavy atom. The Morgan fingerprint density at radius 3 is 2.91 bits per heavy atom. The normalized spacial score (nSPS) is 12.6. The van der Waals surface area contributed by atoms with Crippen LogP contribution in [0.3, 0.4) is 0 Å². The van der Waals surface area contributed by atoms with Gasteiger partial charge in [0.1, 0.15) is 11.6 Å². The number of carboxylic acid groups (broad SMARTS) is 1. The number of aryl methyl sites for hydroxylation is 1. The quantitative estimate of drug-likeness (QED) is 0.806. The van der Waals surface area contributed by atoms with Gasteiger partial charge in [0, 0.05) is 17.3 Å². The Bertz CT molecular complexity index is 806. The van der Waals surface area contributed by atoms with E-state index in [2.05, 4.69) is 10.3 Å². The molecule has 0 aliphatic rings. The van der Waals surface area contributed by atoms with Crippen molar-refractivity contribution in [1.82, 2.24) is 14.7 Å². The number of amides is 1. The van der Waals surface area contributed by atoms with Crippen molar-refractivity contribution < 1.29 is 14.7 Å². The maximum absolute atomic E-state index is 12.3. The lowest BCUT2D eigenvalue weighted by atomic mass is 10.2. The summed E-state index contributed by atoms with van der Waals surface area (Å²) >= 11 is 1.30. The molecule has 0 fully saturated rings. The predicted octanol–water partition coefficient (Wildman–Crippen LogP) is 1.21. The number of nitrogens with zero attached hydrogens (tertiary/aromatic N) is 2. The largest absolute Gasteiger partial charge is 0.480 e. The third-order valence-electron chi connectivity index (χ3n) is 3.07. The lowest BCUT2D eigenvalue weighted by Gasteiger charge is -2.12. The highest BCUT2D eigenvalue weighted by Gasteiger charge is 2.22. The topological polar surface area (TPSA) is 101 Å². The van der Waals surface area contributed by atoms with E-state index in [1.165, 1.54) is 21.9 Å². The summed E-state index contributed by atoms with van der Waals surface area (Å²) in [6, 6.07) is -1.09. The second kappa shape index (κ2) is 6.52. The van der Waals surface area contributed by atoms with Crippen molar-refractivity contribution in [2.75, 3.05) is 0 Å². The van der Waals surface area contributed by atoms with Gasteiger partial charge in [0.2, 0.25) is 0 Å². The fourth-order valence-electron chi connectivity index (χ4n) is 1.91. The molecular weight excluding hydrogens is 306 g/mol. The molecule has 2 N–H and O–H groups in total. The van der Waals surface area contributed by atoms with Gasteiger partial charge in [-0.2, -0.15) is 0 Å². The van der Waals surface area contributed by atoms with E-state index in [1.807, 2.05) is 0 Å². The van der Waals surface area contributed by atoms with E-state index in [-0.39, 0.29) is 12.0 Å². The van der Waals surface area contributed by atoms with Gasteiger partial charge >= 0.3 is 5.97 Å². The molecule has 22 heavy (non-hydrogen) atoms. The fourth-order valence-corrected chi connectivity index (χ4v) is 2.74. The molecule has 0 aliphatic carbocycles. The van der Waals surface area contributed by atoms with Crippen LogP contribution in [0.2, 0.25) is 0 Å². The second-order valence-corrected chi connectivity index (χ2v) is 5.48. The molecule has 1 amide bonds. The van der Waals surface area contributed by atoms with Gasteiger partial charge in [-0.15, -0.1) is 11.3 Å². The number of hydrogen-bond acceptors (Lipinski definition) is 5. The van der Waals surface area contributed by atoms with Crippen LogP contribution in [-0.2, 0) is 4.79 Å². The number of aromatic nitrogens is 2. The molecule has 0 aromatic carbocycles. The number of rotatable bonds is 5. The number of fused-ring (bicyclic) bond motifs is 1. The number of carbonyl (C=O) groups excluding carboxylic acids is 1. The number of thiazole rings is 1. The van der Waals surface area contributed by atoms with E-state index in [4.69, 9.17) is 5.11 Å². The average molecular weight is 321 g/mol. The lowest BCUT2D eigenvalue weighted by molar-refractivity contribution is -0.139. The molecule has 0 saturated carbocycles. The Balaban J connectivity index is 2.33. The van der Waals surface area contributed by atoms with Crippen LogP contribution in [0.5, 0.6) is 0 Å². The number of carbonyl (C=O) groups is 2. The van der Waals surface area contributed by atoms with Gasteiger partial charge < -0.3 is 10.4 Å². The minimum absolute atomic E-state index is 0.145. The number of aliphatic carboxylic acids is 1. The first-order valence-corrected chi connectivity index (χ1v) is 7.44. The van der Waals surface area contributed by atoms with Crippen molar-refractivity contribution in [2.45, 2.75) is 26.3 Å². The summed E-state index contributed by atoms with van der Waals surface area (Å²) in [5.41, 5.74) is -0.00185. The molecule has 0 aliphatic heterocycles. The molecule has 0 bridgehead atoms. The van der Waals surface area contributed by atoms with E-state index in [1.54, 1.807) is 31.4 Å². The maximum Gasteiger partial charge on any atom is 0.326 e. The predicted molar refractivity (Wildman–Crippen MR) is 82.4 cm³/mol. The Hall–Kier alpha value is -2.48. The zero-order chi connectivity index (χ0) is 16.3. The molecule has 2 aromatic heterocycles. The third-order valence-corrected chi connectivity index (χ3v) is 4.03. The highest BCUT2D eigenvalue weighted by Crippen LogP contribution is 2.11. The zero-order valence-electron chi connectivity index (χ0n) is 12.1. The monoisotopic (exact) mass is 321 g/mol. The third kappa shape index (κ3) is 3.06. The Labute approximate surface area is 129 Å². The van der Waals surface area contributed by atoms with Gasteiger partial charge in [0.15, 0.2) is 4.96 Å². The molecule has 0 spiro atoms. The Kier molecular flexibility index (Phi) is 4.71. The van der Waals surface area contributed by atoms with Crippen molar-refractivity contribution >= 4 is 28.2 Å². The van der Waals surface area contributed by atoms with Gasteiger partial charge in [0.05, 0.1) is 0 Å². The number of hydrogen-bond donors (Lipinski definition) is 2. The van der Waals surface area contributed by atoms with E-state index in [9.17, 15) is 14.4 Å². The molecule has 2 rings (SSSR count). The summed E-state index contributed by atoms with van der Waals surface area (Å²) in [7, 11) is 0. The minimum Gasteiger partial charge on any atom is -0.480 e. The highest BCUT2D eigenvalue weighted by atomic mass is 32.1. The summed E-state index contributed by atoms with van der Waals surface area (Å²) < 4.78 is 1.33. The standard InChI is InChI=1S/C14H15N3O4S/c1-3-4-5-10(13(20)21)16-11(18)9-6-15-14-17(12(9)19)8(2)7-22-14/h3-4,6-7,10H,5H2,1-2H3,(H,16,18)(H,20,21)/b4-3+. The van der Waals surface area contributed by atoms with E-state index in [0.29, 0.717) is 10.7 Å². The molecule has 7 nitrogen and oxygen atoms in total. The number of nitrogens with one attached hydrogen (secondary N) is 1. The van der Waals surface area contributed by atoms with Crippen LogP contribution < -0.4 is 10.9 Å². The van der Waals surface area contributed by atoms with E-state index in [0.717, 1.165) is 0 Å². The molecule has 2 heterocycles. The average Bonchev–Trinajstić information content (AvgIpc) is 2.85. The van der Waals surface area contributed by atoms with Gasteiger partial charge in [-0.3, -0.25) is 14.0 Å². The van der Waals surface area contributed by atoms with Crippen LogP contribution in [-0.4, -0.2) is 32.4 Å². The first kappa shape index (κ1) is 15.9. The molecule has 1 unspecified atom stereocenters. The number of carboxylic acids is 1. The van der Waals surface area contributed by atoms with E-state index < -0.39 is 23.5 Å². The first-order valence-electron chi connectivity index (χ1n) is 6.56. The summed E-state index contributed by atoms with van der Waals surface area (Å²) in [6.45, 7) is 3.49. The SMILES string of the molecule is C/C=C/CC(NC(=O)c1cnc2scc(C)n2c1=O)C(=O)O. The van der Waals surface area contributed by atoms with Crippen molar-refractivity contribution in [3.63, 3.8) is 0 Å². The summed E-state index contributed by atoms with van der Waals surface area (Å²) in [5, 5.41) is 13.2. The minimum atomic E-state index is -1.16. The molecule has 116 valence electrons. The lowest BCUT2D eigenvalue weighted by Crippen LogP contribution is -2.42. The molecule has 8 heteroatoms. The second-order valence-electron chi connectivity index (χ2n) is 4.64. The molecule has 0 radical (unpaired) electrons. The van der Waals surface area contributed by atoms with Crippen LogP contribution in [0.1, 0.15) is 29.4 Å². The fraction of sp³-hybridized carbons (Fsp3) is 0.286. The van der Waals surface area contributed by atoms with Crippen molar-refractivity contribution in [1.29, 1.82) is 0 Å².